The quantitative estimate of drug-likeness (QED) is 0.413. The van der Waals surface area contributed by atoms with Gasteiger partial charge in [-0.25, -0.2) is 15.0 Å². The Hall–Kier alpha value is -3.14. The lowest BCUT2D eigenvalue weighted by Crippen LogP contribution is -2.08. The molecule has 0 radical (unpaired) electrons. The number of rotatable bonds is 4. The Kier molecular flexibility index (Phi) is 6.73. The van der Waals surface area contributed by atoms with Crippen LogP contribution in [0.15, 0.2) is 34.4 Å². The molecular formula is C28H34N4. The molecule has 0 amide bonds. The number of benzene rings is 2. The number of hydrogen-bond donors (Lipinski definition) is 0. The molecule has 3 rings (SSSR count). The highest BCUT2D eigenvalue weighted by molar-refractivity contribution is 6.01. The van der Waals surface area contributed by atoms with Crippen LogP contribution in [0.25, 0.3) is 0 Å². The minimum atomic E-state index is 0.629. The van der Waals surface area contributed by atoms with Crippen LogP contribution in [0.5, 0.6) is 0 Å². The minimum Gasteiger partial charge on any atom is -0.251 e. The van der Waals surface area contributed by atoms with Crippen LogP contribution in [0.4, 0.5) is 11.4 Å². The van der Waals surface area contributed by atoms with E-state index in [0.29, 0.717) is 5.82 Å². The van der Waals surface area contributed by atoms with Gasteiger partial charge in [0.05, 0.1) is 28.5 Å². The third kappa shape index (κ3) is 4.55. The molecule has 0 N–H and O–H groups in total. The Morgan fingerprint density at radius 3 is 1.47 bits per heavy atom. The predicted molar refractivity (Wildman–Crippen MR) is 137 cm³/mol. The Labute approximate surface area is 192 Å². The van der Waals surface area contributed by atoms with E-state index in [1.54, 1.807) is 6.20 Å². The van der Waals surface area contributed by atoms with Gasteiger partial charge in [-0.3, -0.25) is 4.99 Å². The molecule has 4 nitrogen and oxygen atoms in total. The van der Waals surface area contributed by atoms with Crippen molar-refractivity contribution in [2.45, 2.75) is 69.2 Å². The van der Waals surface area contributed by atoms with Gasteiger partial charge >= 0.3 is 0 Å². The average molecular weight is 427 g/mol. The molecule has 32 heavy (non-hydrogen) atoms. The fourth-order valence-electron chi connectivity index (χ4n) is 3.90. The summed E-state index contributed by atoms with van der Waals surface area (Å²) in [5, 5.41) is 0. The van der Waals surface area contributed by atoms with E-state index in [4.69, 9.17) is 15.0 Å². The summed E-state index contributed by atoms with van der Waals surface area (Å²) in [6, 6.07) is 6.35. The smallest absolute Gasteiger partial charge is 0.174 e. The van der Waals surface area contributed by atoms with Gasteiger partial charge in [-0.1, -0.05) is 12.1 Å². The fourth-order valence-corrected chi connectivity index (χ4v) is 3.90. The summed E-state index contributed by atoms with van der Waals surface area (Å²) in [4.78, 5) is 19.2. The van der Waals surface area contributed by atoms with E-state index in [1.165, 1.54) is 44.5 Å². The van der Waals surface area contributed by atoms with Crippen LogP contribution in [-0.2, 0) is 0 Å². The standard InChI is InChI=1S/C28H34N4/c1-15-13-16(2)20(6)26(19(15)5)30-23(9)25-11-12-29-28(32-25)24(10)31-27-21(7)17(3)14-18(4)22(27)8/h11-14H,1-10H3/b30-23+,31-24+. The Bertz CT molecular complexity index is 1120. The van der Waals surface area contributed by atoms with Crippen molar-refractivity contribution in [3.8, 4) is 0 Å². The molecule has 3 aromatic rings. The van der Waals surface area contributed by atoms with E-state index in [1.807, 2.05) is 19.9 Å². The van der Waals surface area contributed by atoms with Crippen molar-refractivity contribution in [3.63, 3.8) is 0 Å². The van der Waals surface area contributed by atoms with E-state index in [9.17, 15) is 0 Å². The molecule has 0 unspecified atom stereocenters. The van der Waals surface area contributed by atoms with Crippen LogP contribution in [0.1, 0.15) is 69.9 Å². The second-order valence-corrected chi connectivity index (χ2v) is 8.88. The maximum absolute atomic E-state index is 4.97. The van der Waals surface area contributed by atoms with Crippen LogP contribution in [0.3, 0.4) is 0 Å². The van der Waals surface area contributed by atoms with Crippen LogP contribution in [-0.4, -0.2) is 21.4 Å². The van der Waals surface area contributed by atoms with E-state index in [2.05, 4.69) is 72.5 Å². The molecule has 1 heterocycles. The fraction of sp³-hybridized carbons (Fsp3) is 0.357. The SMILES string of the molecule is C/C(=N\c1c(C)c(C)cc(C)c1C)c1ccnc(/C(C)=N/c2c(C)c(C)cc(C)c2C)n1. The van der Waals surface area contributed by atoms with Gasteiger partial charge in [-0.05, 0) is 120 Å². The lowest BCUT2D eigenvalue weighted by atomic mass is 9.99. The van der Waals surface area contributed by atoms with E-state index >= 15 is 0 Å². The average Bonchev–Trinajstić information content (AvgIpc) is 2.76. The molecule has 0 aliphatic rings. The number of aryl methyl sites for hydroxylation is 4. The van der Waals surface area contributed by atoms with Crippen molar-refractivity contribution < 1.29 is 0 Å². The zero-order chi connectivity index (χ0) is 23.7. The number of hydrogen-bond acceptors (Lipinski definition) is 4. The van der Waals surface area contributed by atoms with E-state index < -0.39 is 0 Å². The van der Waals surface area contributed by atoms with Crippen LogP contribution < -0.4 is 0 Å². The van der Waals surface area contributed by atoms with Gasteiger partial charge in [-0.15, -0.1) is 0 Å². The normalized spacial score (nSPS) is 12.4. The first kappa shape index (κ1) is 23.5. The zero-order valence-corrected chi connectivity index (χ0v) is 21.1. The number of aromatic nitrogens is 2. The molecule has 1 aromatic heterocycles. The Morgan fingerprint density at radius 2 is 1.03 bits per heavy atom. The van der Waals surface area contributed by atoms with Crippen LogP contribution >= 0.6 is 0 Å². The molecule has 4 heteroatoms. The van der Waals surface area contributed by atoms with Gasteiger partial charge < -0.3 is 0 Å². The van der Waals surface area contributed by atoms with Crippen molar-refractivity contribution in [1.29, 1.82) is 0 Å². The lowest BCUT2D eigenvalue weighted by Gasteiger charge is -2.13. The number of aliphatic imine (C=N–C) groups is 2. The van der Waals surface area contributed by atoms with Crippen molar-refractivity contribution in [3.05, 3.63) is 80.4 Å². The van der Waals surface area contributed by atoms with Crippen molar-refractivity contribution in [2.75, 3.05) is 0 Å². The number of nitrogens with zero attached hydrogens (tertiary/aromatic N) is 4. The van der Waals surface area contributed by atoms with E-state index in [-0.39, 0.29) is 0 Å². The first-order valence-electron chi connectivity index (χ1n) is 11.1. The van der Waals surface area contributed by atoms with Gasteiger partial charge in [0.2, 0.25) is 0 Å². The predicted octanol–water partition coefficient (Wildman–Crippen LogP) is 7.23. The van der Waals surface area contributed by atoms with Gasteiger partial charge in [0.1, 0.15) is 0 Å². The van der Waals surface area contributed by atoms with Gasteiger partial charge in [0, 0.05) is 6.20 Å². The second-order valence-electron chi connectivity index (χ2n) is 8.88. The first-order chi connectivity index (χ1) is 15.0. The summed E-state index contributed by atoms with van der Waals surface area (Å²) < 4.78 is 0. The lowest BCUT2D eigenvalue weighted by molar-refractivity contribution is 1.10. The van der Waals surface area contributed by atoms with Gasteiger partial charge in [-0.2, -0.15) is 0 Å². The topological polar surface area (TPSA) is 50.5 Å². The molecule has 2 aromatic carbocycles. The monoisotopic (exact) mass is 426 g/mol. The third-order valence-electron chi connectivity index (χ3n) is 6.56. The minimum absolute atomic E-state index is 0.629. The second kappa shape index (κ2) is 9.15. The van der Waals surface area contributed by atoms with Crippen molar-refractivity contribution in [2.24, 2.45) is 9.98 Å². The molecule has 0 bridgehead atoms. The summed E-state index contributed by atoms with van der Waals surface area (Å²) >= 11 is 0. The highest BCUT2D eigenvalue weighted by Gasteiger charge is 2.12. The Morgan fingerprint density at radius 1 is 0.625 bits per heavy atom. The molecule has 0 fully saturated rings. The molecule has 0 aliphatic heterocycles. The molecule has 166 valence electrons. The van der Waals surface area contributed by atoms with Crippen molar-refractivity contribution in [1.82, 2.24) is 9.97 Å². The summed E-state index contributed by atoms with van der Waals surface area (Å²) in [6.07, 6.45) is 1.79. The highest BCUT2D eigenvalue weighted by Crippen LogP contribution is 2.31. The Balaban J connectivity index is 2.05. The maximum atomic E-state index is 4.97. The van der Waals surface area contributed by atoms with Gasteiger partial charge in [0.15, 0.2) is 5.82 Å². The highest BCUT2D eigenvalue weighted by atomic mass is 14.9. The molecular weight excluding hydrogens is 392 g/mol. The summed E-state index contributed by atoms with van der Waals surface area (Å²) in [5.41, 5.74) is 14.4. The largest absolute Gasteiger partial charge is 0.251 e. The van der Waals surface area contributed by atoms with Crippen LogP contribution in [0, 0.1) is 55.4 Å². The molecule has 0 spiro atoms. The molecule has 0 saturated carbocycles. The first-order valence-corrected chi connectivity index (χ1v) is 11.1. The molecule has 0 aliphatic carbocycles. The zero-order valence-electron chi connectivity index (χ0n) is 21.1. The van der Waals surface area contributed by atoms with E-state index in [0.717, 1.165) is 28.5 Å². The van der Waals surface area contributed by atoms with Gasteiger partial charge in [0.25, 0.3) is 0 Å². The summed E-state index contributed by atoms with van der Waals surface area (Å²) in [6.45, 7) is 21.0. The summed E-state index contributed by atoms with van der Waals surface area (Å²) in [5.74, 6) is 0.629. The van der Waals surface area contributed by atoms with Crippen LogP contribution in [0.2, 0.25) is 0 Å². The van der Waals surface area contributed by atoms with Crippen molar-refractivity contribution >= 4 is 22.8 Å². The summed E-state index contributed by atoms with van der Waals surface area (Å²) in [7, 11) is 0. The third-order valence-corrected chi connectivity index (χ3v) is 6.56. The maximum Gasteiger partial charge on any atom is 0.174 e. The molecule has 0 atom stereocenters. The molecule has 0 saturated heterocycles.